The summed E-state index contributed by atoms with van der Waals surface area (Å²) in [4.78, 5) is 0. The second kappa shape index (κ2) is 6.44. The van der Waals surface area contributed by atoms with E-state index in [0.717, 1.165) is 41.1 Å². The van der Waals surface area contributed by atoms with E-state index in [9.17, 15) is 0 Å². The van der Waals surface area contributed by atoms with Crippen LogP contribution in [-0.2, 0) is 0 Å². The van der Waals surface area contributed by atoms with E-state index in [2.05, 4.69) is 32.2 Å². The quantitative estimate of drug-likeness (QED) is 0.789. The summed E-state index contributed by atoms with van der Waals surface area (Å²) in [6, 6.07) is 8.15. The van der Waals surface area contributed by atoms with Gasteiger partial charge in [-0.1, -0.05) is 38.8 Å². The van der Waals surface area contributed by atoms with Crippen molar-refractivity contribution in [1.29, 1.82) is 0 Å². The van der Waals surface area contributed by atoms with Crippen molar-refractivity contribution >= 4 is 22.6 Å². The minimum atomic E-state index is 0.274. The van der Waals surface area contributed by atoms with Crippen molar-refractivity contribution in [2.45, 2.75) is 39.7 Å². The van der Waals surface area contributed by atoms with E-state index in [4.69, 9.17) is 16.0 Å². The molecule has 3 heteroatoms. The molecule has 2 nitrogen and oxygen atoms in total. The van der Waals surface area contributed by atoms with Gasteiger partial charge in [-0.25, -0.2) is 0 Å². The molecule has 2 atom stereocenters. The van der Waals surface area contributed by atoms with Crippen molar-refractivity contribution in [2.75, 3.05) is 6.54 Å². The van der Waals surface area contributed by atoms with Crippen molar-refractivity contribution in [3.63, 3.8) is 0 Å². The minimum Gasteiger partial charge on any atom is -0.459 e. The third-order valence-corrected chi connectivity index (χ3v) is 3.87. The zero-order chi connectivity index (χ0) is 13.8. The lowest BCUT2D eigenvalue weighted by Gasteiger charge is -2.22. The van der Waals surface area contributed by atoms with Crippen molar-refractivity contribution in [3.8, 4) is 0 Å². The lowest BCUT2D eigenvalue weighted by atomic mass is 9.96. The largest absolute Gasteiger partial charge is 0.459 e. The normalized spacial score (nSPS) is 14.7. The molecule has 0 aliphatic rings. The van der Waals surface area contributed by atoms with E-state index in [1.807, 2.05) is 18.2 Å². The first-order chi connectivity index (χ1) is 9.15. The molecule has 1 aromatic carbocycles. The Morgan fingerprint density at radius 2 is 2.05 bits per heavy atom. The fourth-order valence-corrected chi connectivity index (χ4v) is 2.49. The van der Waals surface area contributed by atoms with Gasteiger partial charge in [0.15, 0.2) is 0 Å². The highest BCUT2D eigenvalue weighted by Crippen LogP contribution is 2.31. The van der Waals surface area contributed by atoms with Crippen LogP contribution in [0.15, 0.2) is 28.7 Å². The number of fused-ring (bicyclic) bond motifs is 1. The lowest BCUT2D eigenvalue weighted by Crippen LogP contribution is -2.27. The van der Waals surface area contributed by atoms with Gasteiger partial charge in [0.05, 0.1) is 6.04 Å². The smallest absolute Gasteiger partial charge is 0.134 e. The van der Waals surface area contributed by atoms with Crippen LogP contribution in [0.5, 0.6) is 0 Å². The molecule has 1 aromatic heterocycles. The van der Waals surface area contributed by atoms with E-state index in [-0.39, 0.29) is 6.04 Å². The van der Waals surface area contributed by atoms with E-state index >= 15 is 0 Å². The van der Waals surface area contributed by atoms with Crippen LogP contribution >= 0.6 is 11.6 Å². The van der Waals surface area contributed by atoms with Crippen LogP contribution in [0, 0.1) is 5.92 Å². The average Bonchev–Trinajstić information content (AvgIpc) is 2.81. The van der Waals surface area contributed by atoms with Crippen LogP contribution in [0.3, 0.4) is 0 Å². The summed E-state index contributed by atoms with van der Waals surface area (Å²) in [5.74, 6) is 1.56. The summed E-state index contributed by atoms with van der Waals surface area (Å²) in [6.45, 7) is 7.66. The van der Waals surface area contributed by atoms with Crippen molar-refractivity contribution in [3.05, 3.63) is 35.0 Å². The molecule has 1 heterocycles. The molecular weight excluding hydrogens is 258 g/mol. The second-order valence-corrected chi connectivity index (χ2v) is 5.58. The molecular formula is C16H22ClNO. The third kappa shape index (κ3) is 3.31. The van der Waals surface area contributed by atoms with Gasteiger partial charge in [0.2, 0.25) is 0 Å². The van der Waals surface area contributed by atoms with Gasteiger partial charge in [0, 0.05) is 10.4 Å². The van der Waals surface area contributed by atoms with Gasteiger partial charge >= 0.3 is 0 Å². The highest BCUT2D eigenvalue weighted by atomic mass is 35.5. The summed E-state index contributed by atoms with van der Waals surface area (Å²) in [7, 11) is 0. The van der Waals surface area contributed by atoms with Gasteiger partial charge in [-0.2, -0.15) is 0 Å². The Hall–Kier alpha value is -0.990. The molecule has 2 unspecified atom stereocenters. The standard InChI is InChI=1S/C16H22ClNO/c1-4-8-18-16(11(3)5-2)15-10-12-9-13(17)6-7-14(12)19-15/h6-7,9-11,16,18H,4-5,8H2,1-3H3. The fourth-order valence-electron chi connectivity index (χ4n) is 2.31. The maximum atomic E-state index is 6.02. The molecule has 0 fully saturated rings. The summed E-state index contributed by atoms with van der Waals surface area (Å²) in [6.07, 6.45) is 2.25. The van der Waals surface area contributed by atoms with Crippen LogP contribution in [0.1, 0.15) is 45.4 Å². The first-order valence-electron chi connectivity index (χ1n) is 7.08. The first kappa shape index (κ1) is 14.4. The molecule has 1 N–H and O–H groups in total. The molecule has 0 aliphatic heterocycles. The number of hydrogen-bond acceptors (Lipinski definition) is 2. The molecule has 0 amide bonds. The Morgan fingerprint density at radius 3 is 2.74 bits per heavy atom. The van der Waals surface area contributed by atoms with Crippen LogP contribution in [0.25, 0.3) is 11.0 Å². The Bertz CT molecular complexity index is 535. The Kier molecular flexibility index (Phi) is 4.89. The molecule has 0 saturated carbocycles. The molecule has 0 aliphatic carbocycles. The van der Waals surface area contributed by atoms with E-state index in [1.165, 1.54) is 0 Å². The molecule has 0 saturated heterocycles. The molecule has 0 radical (unpaired) electrons. The summed E-state index contributed by atoms with van der Waals surface area (Å²) in [5.41, 5.74) is 0.908. The lowest BCUT2D eigenvalue weighted by molar-refractivity contribution is 0.327. The van der Waals surface area contributed by atoms with Gasteiger partial charge in [-0.05, 0) is 43.1 Å². The Labute approximate surface area is 120 Å². The predicted molar refractivity (Wildman–Crippen MR) is 81.7 cm³/mol. The molecule has 0 bridgehead atoms. The van der Waals surface area contributed by atoms with Crippen LogP contribution in [-0.4, -0.2) is 6.54 Å². The number of halogens is 1. The Balaban J connectivity index is 2.32. The maximum Gasteiger partial charge on any atom is 0.134 e. The summed E-state index contributed by atoms with van der Waals surface area (Å²) >= 11 is 6.02. The van der Waals surface area contributed by atoms with Crippen LogP contribution < -0.4 is 5.32 Å². The van der Waals surface area contributed by atoms with Gasteiger partial charge in [0.25, 0.3) is 0 Å². The van der Waals surface area contributed by atoms with E-state index < -0.39 is 0 Å². The zero-order valence-corrected chi connectivity index (χ0v) is 12.6. The summed E-state index contributed by atoms with van der Waals surface area (Å²) in [5, 5.41) is 5.41. The minimum absolute atomic E-state index is 0.274. The van der Waals surface area contributed by atoms with Gasteiger partial charge in [0.1, 0.15) is 11.3 Å². The maximum absolute atomic E-state index is 6.02. The van der Waals surface area contributed by atoms with Gasteiger partial charge < -0.3 is 9.73 Å². The predicted octanol–water partition coefficient (Wildman–Crippen LogP) is 5.17. The van der Waals surface area contributed by atoms with Crippen molar-refractivity contribution in [1.82, 2.24) is 5.32 Å². The zero-order valence-electron chi connectivity index (χ0n) is 11.9. The third-order valence-electron chi connectivity index (χ3n) is 3.63. The Morgan fingerprint density at radius 1 is 1.26 bits per heavy atom. The van der Waals surface area contributed by atoms with E-state index in [1.54, 1.807) is 0 Å². The monoisotopic (exact) mass is 279 g/mol. The number of benzene rings is 1. The van der Waals surface area contributed by atoms with Crippen LogP contribution in [0.4, 0.5) is 0 Å². The number of rotatable bonds is 6. The van der Waals surface area contributed by atoms with Gasteiger partial charge in [-0.3, -0.25) is 0 Å². The molecule has 104 valence electrons. The van der Waals surface area contributed by atoms with Crippen molar-refractivity contribution < 1.29 is 4.42 Å². The van der Waals surface area contributed by atoms with Crippen molar-refractivity contribution in [2.24, 2.45) is 5.92 Å². The van der Waals surface area contributed by atoms with Crippen LogP contribution in [0.2, 0.25) is 5.02 Å². The van der Waals surface area contributed by atoms with Gasteiger partial charge in [-0.15, -0.1) is 0 Å². The molecule has 2 rings (SSSR count). The molecule has 19 heavy (non-hydrogen) atoms. The number of furan rings is 1. The fraction of sp³-hybridized carbons (Fsp3) is 0.500. The SMILES string of the molecule is CCCNC(c1cc2cc(Cl)ccc2o1)C(C)CC. The number of nitrogens with one attached hydrogen (secondary N) is 1. The van der Waals surface area contributed by atoms with E-state index in [0.29, 0.717) is 5.92 Å². The molecule has 0 spiro atoms. The number of hydrogen-bond donors (Lipinski definition) is 1. The highest BCUT2D eigenvalue weighted by Gasteiger charge is 2.21. The summed E-state index contributed by atoms with van der Waals surface area (Å²) < 4.78 is 5.98. The first-order valence-corrected chi connectivity index (χ1v) is 7.45. The topological polar surface area (TPSA) is 25.2 Å². The average molecular weight is 280 g/mol. The second-order valence-electron chi connectivity index (χ2n) is 5.15. The highest BCUT2D eigenvalue weighted by molar-refractivity contribution is 6.31. The molecule has 2 aromatic rings.